The summed E-state index contributed by atoms with van der Waals surface area (Å²) in [6.45, 7) is 4.86. The number of aromatic amines is 1. The van der Waals surface area contributed by atoms with Crippen molar-refractivity contribution < 1.29 is 19.1 Å². The maximum absolute atomic E-state index is 12.9. The lowest BCUT2D eigenvalue weighted by Gasteiger charge is -2.16. The molecule has 1 heterocycles. The second-order valence-corrected chi connectivity index (χ2v) is 7.09. The van der Waals surface area contributed by atoms with Crippen molar-refractivity contribution in [3.8, 4) is 0 Å². The highest BCUT2D eigenvalue weighted by Crippen LogP contribution is 2.23. The Hall–Kier alpha value is -3.67. The van der Waals surface area contributed by atoms with Crippen molar-refractivity contribution in [2.24, 2.45) is 0 Å². The van der Waals surface area contributed by atoms with Gasteiger partial charge in [-0.25, -0.2) is 4.79 Å². The number of H-pyrrole nitrogens is 1. The van der Waals surface area contributed by atoms with E-state index >= 15 is 0 Å². The van der Waals surface area contributed by atoms with E-state index in [-0.39, 0.29) is 5.78 Å². The van der Waals surface area contributed by atoms with Crippen molar-refractivity contribution in [1.29, 1.82) is 0 Å². The van der Waals surface area contributed by atoms with Gasteiger partial charge in [0.15, 0.2) is 6.10 Å². The molecular weight excluding hydrogens is 380 g/mol. The van der Waals surface area contributed by atoms with E-state index < -0.39 is 24.0 Å². The summed E-state index contributed by atoms with van der Waals surface area (Å²) in [5.41, 5.74) is 2.95. The molecule has 0 saturated heterocycles. The molecule has 6 heteroatoms. The Morgan fingerprint density at radius 1 is 1.00 bits per heavy atom. The third kappa shape index (κ3) is 4.84. The van der Waals surface area contributed by atoms with Crippen LogP contribution in [0, 0.1) is 6.92 Å². The van der Waals surface area contributed by atoms with Crippen molar-refractivity contribution in [3.63, 3.8) is 0 Å². The molecule has 3 rings (SSSR count). The highest BCUT2D eigenvalue weighted by Gasteiger charge is 2.26. The van der Waals surface area contributed by atoms with Crippen LogP contribution < -0.4 is 5.32 Å². The van der Waals surface area contributed by atoms with E-state index in [0.29, 0.717) is 5.56 Å². The first kappa shape index (κ1) is 21.0. The molecule has 30 heavy (non-hydrogen) atoms. The Bertz CT molecular complexity index is 1100. The van der Waals surface area contributed by atoms with Crippen molar-refractivity contribution in [2.75, 3.05) is 0 Å². The van der Waals surface area contributed by atoms with Crippen LogP contribution in [0.5, 0.6) is 0 Å². The fourth-order valence-electron chi connectivity index (χ4n) is 3.18. The minimum Gasteiger partial charge on any atom is -0.453 e. The number of ether oxygens (including phenoxy) is 1. The third-order valence-corrected chi connectivity index (χ3v) is 4.74. The molecular formula is C24H24N2O4. The zero-order chi connectivity index (χ0) is 21.7. The van der Waals surface area contributed by atoms with Crippen LogP contribution in [0.15, 0.2) is 60.7 Å². The standard InChI is InChI=1S/C24H24N2O4/c1-15-22(19-11-7-8-12-20(19)25-15)23(28)17(3)30-24(29)16(2)26-21(27)14-13-18-9-5-4-6-10-18/h4-14,16-17,25H,1-3H3,(H,26,27)/b14-13+/t16-,17-/m0/s1. The molecule has 0 unspecified atom stereocenters. The summed E-state index contributed by atoms with van der Waals surface area (Å²) in [7, 11) is 0. The molecule has 154 valence electrons. The molecule has 6 nitrogen and oxygen atoms in total. The van der Waals surface area contributed by atoms with Gasteiger partial charge in [-0.1, -0.05) is 48.5 Å². The number of hydrogen-bond acceptors (Lipinski definition) is 4. The largest absolute Gasteiger partial charge is 0.453 e. The first-order valence-electron chi connectivity index (χ1n) is 9.72. The van der Waals surface area contributed by atoms with Gasteiger partial charge in [-0.3, -0.25) is 9.59 Å². The number of fused-ring (bicyclic) bond motifs is 1. The number of hydrogen-bond donors (Lipinski definition) is 2. The average Bonchev–Trinajstić information content (AvgIpc) is 3.07. The van der Waals surface area contributed by atoms with Gasteiger partial charge >= 0.3 is 5.97 Å². The summed E-state index contributed by atoms with van der Waals surface area (Å²) in [6.07, 6.45) is 2.03. The summed E-state index contributed by atoms with van der Waals surface area (Å²) in [4.78, 5) is 40.5. The lowest BCUT2D eigenvalue weighted by Crippen LogP contribution is -2.41. The predicted molar refractivity (Wildman–Crippen MR) is 116 cm³/mol. The fourth-order valence-corrected chi connectivity index (χ4v) is 3.18. The van der Waals surface area contributed by atoms with Crippen LogP contribution in [-0.2, 0) is 14.3 Å². The zero-order valence-corrected chi connectivity index (χ0v) is 17.1. The lowest BCUT2D eigenvalue weighted by molar-refractivity contribution is -0.149. The minimum absolute atomic E-state index is 0.291. The van der Waals surface area contributed by atoms with Gasteiger partial charge in [-0.15, -0.1) is 0 Å². The van der Waals surface area contributed by atoms with E-state index in [1.54, 1.807) is 6.08 Å². The summed E-state index contributed by atoms with van der Waals surface area (Å²) >= 11 is 0. The number of nitrogens with one attached hydrogen (secondary N) is 2. The molecule has 0 bridgehead atoms. The number of ketones is 1. The van der Waals surface area contributed by atoms with Crippen molar-refractivity contribution in [2.45, 2.75) is 32.9 Å². The number of para-hydroxylation sites is 1. The number of carbonyl (C=O) groups excluding carboxylic acids is 3. The second-order valence-electron chi connectivity index (χ2n) is 7.09. The summed E-state index contributed by atoms with van der Waals surface area (Å²) < 4.78 is 5.32. The number of amides is 1. The molecule has 0 aliphatic carbocycles. The van der Waals surface area contributed by atoms with Crippen molar-refractivity contribution >= 4 is 34.6 Å². The Balaban J connectivity index is 1.60. The number of Topliss-reactive ketones (excluding diaryl/α,β-unsaturated/α-hetero) is 1. The Morgan fingerprint density at radius 3 is 2.40 bits per heavy atom. The maximum Gasteiger partial charge on any atom is 0.329 e. The van der Waals surface area contributed by atoms with Crippen LogP contribution >= 0.6 is 0 Å². The molecule has 2 aromatic carbocycles. The number of esters is 1. The van der Waals surface area contributed by atoms with E-state index in [0.717, 1.165) is 22.2 Å². The number of benzene rings is 2. The van der Waals surface area contributed by atoms with E-state index in [9.17, 15) is 14.4 Å². The molecule has 0 spiro atoms. The fraction of sp³-hybridized carbons (Fsp3) is 0.208. The van der Waals surface area contributed by atoms with Gasteiger partial charge in [0.05, 0.1) is 0 Å². The molecule has 1 aromatic heterocycles. The maximum atomic E-state index is 12.9. The quantitative estimate of drug-likeness (QED) is 0.356. The number of carbonyl (C=O) groups is 3. The predicted octanol–water partition coefficient (Wildman–Crippen LogP) is 3.81. The van der Waals surface area contributed by atoms with Gasteiger partial charge in [-0.2, -0.15) is 0 Å². The van der Waals surface area contributed by atoms with Gasteiger partial charge in [0.2, 0.25) is 11.7 Å². The van der Waals surface area contributed by atoms with Crippen LogP contribution in [0.2, 0.25) is 0 Å². The summed E-state index contributed by atoms with van der Waals surface area (Å²) in [5, 5.41) is 3.34. The smallest absolute Gasteiger partial charge is 0.329 e. The summed E-state index contributed by atoms with van der Waals surface area (Å²) in [5.74, 6) is -1.38. The molecule has 0 aliphatic rings. The minimum atomic E-state index is -0.977. The zero-order valence-electron chi connectivity index (χ0n) is 17.1. The number of aryl methyl sites for hydroxylation is 1. The molecule has 3 aromatic rings. The Labute approximate surface area is 174 Å². The molecule has 0 saturated carbocycles. The van der Waals surface area contributed by atoms with Crippen LogP contribution in [0.1, 0.15) is 35.5 Å². The van der Waals surface area contributed by atoms with E-state index in [4.69, 9.17) is 4.74 Å². The van der Waals surface area contributed by atoms with Crippen molar-refractivity contribution in [1.82, 2.24) is 10.3 Å². The number of rotatable bonds is 7. The molecule has 0 aliphatic heterocycles. The van der Waals surface area contributed by atoms with Crippen LogP contribution in [0.3, 0.4) is 0 Å². The Morgan fingerprint density at radius 2 is 1.67 bits per heavy atom. The molecule has 1 amide bonds. The normalized spacial score (nSPS) is 13.2. The van der Waals surface area contributed by atoms with E-state index in [2.05, 4.69) is 10.3 Å². The summed E-state index contributed by atoms with van der Waals surface area (Å²) in [6, 6.07) is 15.9. The highest BCUT2D eigenvalue weighted by atomic mass is 16.5. The highest BCUT2D eigenvalue weighted by molar-refractivity contribution is 6.11. The van der Waals surface area contributed by atoms with Crippen LogP contribution in [0.4, 0.5) is 0 Å². The van der Waals surface area contributed by atoms with Gasteiger partial charge in [0.1, 0.15) is 6.04 Å². The molecule has 0 radical (unpaired) electrons. The first-order chi connectivity index (χ1) is 14.4. The van der Waals surface area contributed by atoms with Crippen LogP contribution in [0.25, 0.3) is 17.0 Å². The Kier molecular flexibility index (Phi) is 6.47. The third-order valence-electron chi connectivity index (χ3n) is 4.74. The lowest BCUT2D eigenvalue weighted by atomic mass is 10.0. The number of aromatic nitrogens is 1. The van der Waals surface area contributed by atoms with Gasteiger partial charge < -0.3 is 15.0 Å². The van der Waals surface area contributed by atoms with Gasteiger partial charge in [0, 0.05) is 28.2 Å². The van der Waals surface area contributed by atoms with Gasteiger partial charge in [0.25, 0.3) is 0 Å². The molecule has 2 N–H and O–H groups in total. The van der Waals surface area contributed by atoms with Gasteiger partial charge in [-0.05, 0) is 38.5 Å². The second kappa shape index (κ2) is 9.22. The SMILES string of the molecule is Cc1[nH]c2ccccc2c1C(=O)[C@H](C)OC(=O)[C@H](C)NC(=O)/C=C/c1ccccc1. The molecule has 2 atom stereocenters. The van der Waals surface area contributed by atoms with E-state index in [1.165, 1.54) is 19.9 Å². The van der Waals surface area contributed by atoms with Crippen molar-refractivity contribution in [3.05, 3.63) is 77.5 Å². The molecule has 0 fully saturated rings. The van der Waals surface area contributed by atoms with Crippen LogP contribution in [-0.4, -0.2) is 34.8 Å². The topological polar surface area (TPSA) is 88.3 Å². The monoisotopic (exact) mass is 404 g/mol. The first-order valence-corrected chi connectivity index (χ1v) is 9.72. The van der Waals surface area contributed by atoms with E-state index in [1.807, 2.05) is 61.5 Å². The average molecular weight is 404 g/mol.